The smallest absolute Gasteiger partial charge is 0.332 e. The van der Waals surface area contributed by atoms with Gasteiger partial charge in [-0.15, -0.1) is 0 Å². The zero-order valence-corrected chi connectivity index (χ0v) is 11.3. The van der Waals surface area contributed by atoms with E-state index in [0.717, 1.165) is 0 Å². The molecule has 0 heterocycles. The molecular formula is C11H21N3O5. The monoisotopic (exact) mass is 275 g/mol. The normalized spacial score (nSPS) is 12.4. The van der Waals surface area contributed by atoms with Crippen LogP contribution in [0.15, 0.2) is 0 Å². The lowest BCUT2D eigenvalue weighted by Gasteiger charge is -2.22. The average molecular weight is 275 g/mol. The second-order valence-corrected chi connectivity index (χ2v) is 4.72. The Kier molecular flexibility index (Phi) is 6.84. The Bertz CT molecular complexity index is 343. The van der Waals surface area contributed by atoms with Crippen molar-refractivity contribution in [1.29, 1.82) is 0 Å². The minimum atomic E-state index is -1.50. The predicted molar refractivity (Wildman–Crippen MR) is 67.5 cm³/mol. The number of hydrogen-bond donors (Lipinski definition) is 5. The van der Waals surface area contributed by atoms with Gasteiger partial charge in [0.1, 0.15) is 0 Å². The summed E-state index contributed by atoms with van der Waals surface area (Å²) in [6, 6.07) is -0.519. The molecule has 0 aromatic carbocycles. The Morgan fingerprint density at radius 3 is 2.26 bits per heavy atom. The number of carboxylic acids is 1. The molecule has 0 aromatic heterocycles. The molecule has 8 heteroatoms. The summed E-state index contributed by atoms with van der Waals surface area (Å²) in [7, 11) is 1.51. The molecule has 0 aromatic rings. The van der Waals surface area contributed by atoms with E-state index in [-0.39, 0.29) is 25.4 Å². The van der Waals surface area contributed by atoms with E-state index in [1.54, 1.807) is 13.8 Å². The zero-order chi connectivity index (χ0) is 15.1. The van der Waals surface area contributed by atoms with E-state index in [1.165, 1.54) is 7.05 Å². The van der Waals surface area contributed by atoms with Crippen LogP contribution in [0.2, 0.25) is 0 Å². The van der Waals surface area contributed by atoms with Crippen LogP contribution in [0.5, 0.6) is 0 Å². The zero-order valence-electron chi connectivity index (χ0n) is 11.3. The summed E-state index contributed by atoms with van der Waals surface area (Å²) in [5, 5.41) is 24.8. The number of carbonyl (C=O) groups excluding carboxylic acids is 2. The van der Waals surface area contributed by atoms with Crippen LogP contribution in [-0.2, 0) is 9.59 Å². The largest absolute Gasteiger partial charge is 0.479 e. The van der Waals surface area contributed by atoms with Crippen molar-refractivity contribution >= 4 is 17.9 Å². The molecular weight excluding hydrogens is 254 g/mol. The number of hydrogen-bond acceptors (Lipinski definition) is 4. The van der Waals surface area contributed by atoms with Crippen LogP contribution >= 0.6 is 0 Å². The van der Waals surface area contributed by atoms with Gasteiger partial charge in [-0.2, -0.15) is 0 Å². The van der Waals surface area contributed by atoms with E-state index >= 15 is 0 Å². The van der Waals surface area contributed by atoms with Crippen molar-refractivity contribution in [3.63, 3.8) is 0 Å². The first kappa shape index (κ1) is 17.2. The summed E-state index contributed by atoms with van der Waals surface area (Å²) < 4.78 is 0. The Labute approximate surface area is 111 Å². The van der Waals surface area contributed by atoms with Crippen molar-refractivity contribution in [2.45, 2.75) is 26.4 Å². The first-order valence-electron chi connectivity index (χ1n) is 5.85. The standard InChI is InChI=1S/C11H21N3O5/c1-11(2,9(18)12-3)6-14-10(19)13-5-4-7(15)8(16)17/h7,15H,4-6H2,1-3H3,(H,12,18)(H,16,17)(H2,13,14,19). The number of nitrogens with one attached hydrogen (secondary N) is 3. The van der Waals surface area contributed by atoms with E-state index in [1.807, 2.05) is 0 Å². The number of rotatable bonds is 7. The molecule has 0 bridgehead atoms. The van der Waals surface area contributed by atoms with Crippen LogP contribution in [0.4, 0.5) is 4.79 Å². The minimum Gasteiger partial charge on any atom is -0.479 e. The first-order chi connectivity index (χ1) is 8.70. The van der Waals surface area contributed by atoms with Crippen molar-refractivity contribution in [3.05, 3.63) is 0 Å². The maximum atomic E-state index is 11.4. The van der Waals surface area contributed by atoms with Crippen LogP contribution < -0.4 is 16.0 Å². The SMILES string of the molecule is CNC(=O)C(C)(C)CNC(=O)NCCC(O)C(=O)O. The van der Waals surface area contributed by atoms with Crippen molar-refractivity contribution < 1.29 is 24.6 Å². The molecule has 0 saturated carbocycles. The number of aliphatic hydroxyl groups excluding tert-OH is 1. The van der Waals surface area contributed by atoms with Gasteiger partial charge in [0.25, 0.3) is 0 Å². The third-order valence-corrected chi connectivity index (χ3v) is 2.52. The van der Waals surface area contributed by atoms with Crippen molar-refractivity contribution in [2.24, 2.45) is 5.41 Å². The van der Waals surface area contributed by atoms with Crippen molar-refractivity contribution in [2.75, 3.05) is 20.1 Å². The quantitative estimate of drug-likeness (QED) is 0.402. The highest BCUT2D eigenvalue weighted by molar-refractivity contribution is 5.83. The number of aliphatic hydroxyl groups is 1. The van der Waals surface area contributed by atoms with Crippen LogP contribution in [0, 0.1) is 5.41 Å². The van der Waals surface area contributed by atoms with Gasteiger partial charge in [-0.05, 0) is 13.8 Å². The molecule has 0 saturated heterocycles. The highest BCUT2D eigenvalue weighted by Gasteiger charge is 2.26. The molecule has 5 N–H and O–H groups in total. The fourth-order valence-electron chi connectivity index (χ4n) is 1.23. The number of aliphatic carboxylic acids is 1. The van der Waals surface area contributed by atoms with Crippen LogP contribution in [0.25, 0.3) is 0 Å². The second kappa shape index (κ2) is 7.57. The third-order valence-electron chi connectivity index (χ3n) is 2.52. The molecule has 110 valence electrons. The maximum Gasteiger partial charge on any atom is 0.332 e. The highest BCUT2D eigenvalue weighted by atomic mass is 16.4. The molecule has 0 aliphatic rings. The second-order valence-electron chi connectivity index (χ2n) is 4.72. The first-order valence-corrected chi connectivity index (χ1v) is 5.85. The maximum absolute atomic E-state index is 11.4. The van der Waals surface area contributed by atoms with E-state index in [2.05, 4.69) is 16.0 Å². The van der Waals surface area contributed by atoms with Crippen molar-refractivity contribution in [1.82, 2.24) is 16.0 Å². The van der Waals surface area contributed by atoms with Crippen LogP contribution in [0.3, 0.4) is 0 Å². The molecule has 1 unspecified atom stereocenters. The summed E-state index contributed by atoms with van der Waals surface area (Å²) >= 11 is 0. The lowest BCUT2D eigenvalue weighted by atomic mass is 9.92. The van der Waals surface area contributed by atoms with Gasteiger partial charge >= 0.3 is 12.0 Å². The Morgan fingerprint density at radius 1 is 1.21 bits per heavy atom. The van der Waals surface area contributed by atoms with E-state index < -0.39 is 23.5 Å². The van der Waals surface area contributed by atoms with Crippen LogP contribution in [0.1, 0.15) is 20.3 Å². The van der Waals surface area contributed by atoms with Gasteiger partial charge in [0.2, 0.25) is 5.91 Å². The topological polar surface area (TPSA) is 128 Å². The lowest BCUT2D eigenvalue weighted by molar-refractivity contribution is -0.146. The number of urea groups is 1. The minimum absolute atomic E-state index is 0.0275. The molecule has 0 spiro atoms. The van der Waals surface area contributed by atoms with E-state index in [9.17, 15) is 14.4 Å². The van der Waals surface area contributed by atoms with Gasteiger partial charge in [0, 0.05) is 26.6 Å². The van der Waals surface area contributed by atoms with Crippen LogP contribution in [-0.4, -0.2) is 54.4 Å². The van der Waals surface area contributed by atoms with Gasteiger partial charge in [-0.3, -0.25) is 4.79 Å². The number of carboxylic acid groups (broad SMARTS) is 1. The summed E-state index contributed by atoms with van der Waals surface area (Å²) in [6.07, 6.45) is -1.58. The Balaban J connectivity index is 3.94. The fourth-order valence-corrected chi connectivity index (χ4v) is 1.23. The number of amides is 3. The molecule has 0 aliphatic heterocycles. The van der Waals surface area contributed by atoms with Gasteiger partial charge < -0.3 is 26.2 Å². The third kappa shape index (κ3) is 6.61. The molecule has 1 atom stereocenters. The molecule has 0 aliphatic carbocycles. The molecule has 0 rings (SSSR count). The van der Waals surface area contributed by atoms with Gasteiger partial charge in [-0.1, -0.05) is 0 Å². The van der Waals surface area contributed by atoms with Gasteiger partial charge in [0.05, 0.1) is 5.41 Å². The van der Waals surface area contributed by atoms with Gasteiger partial charge in [0.15, 0.2) is 6.10 Å². The summed E-state index contributed by atoms with van der Waals surface area (Å²) in [5.41, 5.74) is -0.743. The Morgan fingerprint density at radius 2 is 1.79 bits per heavy atom. The molecule has 19 heavy (non-hydrogen) atoms. The van der Waals surface area contributed by atoms with Crippen molar-refractivity contribution in [3.8, 4) is 0 Å². The summed E-state index contributed by atoms with van der Waals surface area (Å²) in [4.78, 5) is 33.1. The highest BCUT2D eigenvalue weighted by Crippen LogP contribution is 2.12. The molecule has 0 radical (unpaired) electrons. The summed E-state index contributed by atoms with van der Waals surface area (Å²) in [6.45, 7) is 3.53. The number of carbonyl (C=O) groups is 3. The fraction of sp³-hybridized carbons (Fsp3) is 0.727. The van der Waals surface area contributed by atoms with E-state index in [0.29, 0.717) is 0 Å². The molecule has 3 amide bonds. The molecule has 8 nitrogen and oxygen atoms in total. The Hall–Kier alpha value is -1.83. The summed E-state index contributed by atoms with van der Waals surface area (Å²) in [5.74, 6) is -1.53. The van der Waals surface area contributed by atoms with E-state index in [4.69, 9.17) is 10.2 Å². The average Bonchev–Trinajstić information content (AvgIpc) is 2.35. The predicted octanol–water partition coefficient (Wildman–Crippen LogP) is -1.11. The molecule has 0 fully saturated rings. The lowest BCUT2D eigenvalue weighted by Crippen LogP contribution is -2.47. The van der Waals surface area contributed by atoms with Gasteiger partial charge in [-0.25, -0.2) is 9.59 Å².